The van der Waals surface area contributed by atoms with E-state index in [-0.39, 0.29) is 5.04 Å². The Labute approximate surface area is 313 Å². The molecule has 0 aliphatic heterocycles. The van der Waals surface area contributed by atoms with Crippen LogP contribution >= 0.6 is 0 Å². The van der Waals surface area contributed by atoms with E-state index in [0.717, 1.165) is 0 Å². The summed E-state index contributed by atoms with van der Waals surface area (Å²) in [7, 11) is -3.12. The predicted octanol–water partition coefficient (Wildman–Crippen LogP) is 12.1. The van der Waals surface area contributed by atoms with Gasteiger partial charge in [-0.15, -0.1) is 0 Å². The van der Waals surface area contributed by atoms with Gasteiger partial charge in [-0.2, -0.15) is 0 Å². The summed E-state index contributed by atoms with van der Waals surface area (Å²) in [5.41, 5.74) is 20.2. The smallest absolute Gasteiger partial charge is 0.0730 e. The summed E-state index contributed by atoms with van der Waals surface area (Å²) in [5, 5.41) is 4.26. The second kappa shape index (κ2) is 13.5. The summed E-state index contributed by atoms with van der Waals surface area (Å²) >= 11 is 0. The first-order valence-corrected chi connectivity index (χ1v) is 20.8. The molecule has 0 saturated heterocycles. The lowest BCUT2D eigenvalue weighted by molar-refractivity contribution is 0.869. The maximum absolute atomic E-state index is 3.12. The number of hydrogen-bond acceptors (Lipinski definition) is 0. The minimum atomic E-state index is -3.12. The zero-order chi connectivity index (χ0) is 36.9. The topological polar surface area (TPSA) is 0 Å². The van der Waals surface area contributed by atoms with Gasteiger partial charge in [0.2, 0.25) is 0 Å². The minimum Gasteiger partial charge on any atom is -0.0730 e. The molecular formula is C51H52Si. The van der Waals surface area contributed by atoms with E-state index in [4.69, 9.17) is 0 Å². The van der Waals surface area contributed by atoms with Crippen molar-refractivity contribution in [3.8, 4) is 33.4 Å². The van der Waals surface area contributed by atoms with Gasteiger partial charge in [-0.25, -0.2) is 0 Å². The van der Waals surface area contributed by atoms with Gasteiger partial charge in [0.1, 0.15) is 0 Å². The zero-order valence-electron chi connectivity index (χ0n) is 32.7. The van der Waals surface area contributed by atoms with Crippen molar-refractivity contribution in [2.24, 2.45) is 0 Å². The second-order valence-electron chi connectivity index (χ2n) is 15.6. The third-order valence-corrected chi connectivity index (χ3v) is 18.4. The van der Waals surface area contributed by atoms with Gasteiger partial charge in [-0.3, -0.25) is 0 Å². The molecule has 1 unspecified atom stereocenters. The fourth-order valence-electron chi connectivity index (χ4n) is 9.50. The Hall–Kier alpha value is -4.98. The van der Waals surface area contributed by atoms with E-state index in [0.29, 0.717) is 0 Å². The molecule has 0 radical (unpaired) electrons. The molecule has 7 rings (SSSR count). The molecule has 1 heteroatoms. The fraction of sp³-hybridized carbons (Fsp3) is 0.216. The first-order chi connectivity index (χ1) is 24.9. The van der Waals surface area contributed by atoms with Crippen molar-refractivity contribution in [3.05, 3.63) is 184 Å². The lowest BCUT2D eigenvalue weighted by atomic mass is 9.97. The molecule has 6 aromatic carbocycles. The number of allylic oxidation sites excluding steroid dienone is 4. The van der Waals surface area contributed by atoms with E-state index in [1.807, 2.05) is 0 Å². The van der Waals surface area contributed by atoms with Gasteiger partial charge < -0.3 is 0 Å². The average molecular weight is 693 g/mol. The fourth-order valence-corrected chi connectivity index (χ4v) is 16.7. The molecule has 0 nitrogen and oxygen atoms in total. The Morgan fingerprint density at radius 3 is 0.981 bits per heavy atom. The Balaban J connectivity index is 1.77. The predicted molar refractivity (Wildman–Crippen MR) is 229 cm³/mol. The zero-order valence-corrected chi connectivity index (χ0v) is 33.7. The van der Waals surface area contributed by atoms with Crippen LogP contribution in [-0.2, 0) is 0 Å². The Bertz CT molecular complexity index is 2150. The number of hydrogen-bond donors (Lipinski definition) is 0. The summed E-state index contributed by atoms with van der Waals surface area (Å²) in [6.45, 7) is 23.8. The molecule has 0 amide bonds. The molecule has 52 heavy (non-hydrogen) atoms. The van der Waals surface area contributed by atoms with E-state index in [2.05, 4.69) is 203 Å². The van der Waals surface area contributed by atoms with Crippen molar-refractivity contribution in [1.29, 1.82) is 0 Å². The van der Waals surface area contributed by atoms with Gasteiger partial charge in [-0.05, 0) is 134 Å². The molecule has 1 aliphatic rings. The number of benzene rings is 6. The van der Waals surface area contributed by atoms with E-state index >= 15 is 0 Å². The highest BCUT2D eigenvalue weighted by Crippen LogP contribution is 2.54. The number of rotatable bonds is 7. The van der Waals surface area contributed by atoms with Crippen LogP contribution in [-0.4, -0.2) is 8.07 Å². The Morgan fingerprint density at radius 1 is 0.404 bits per heavy atom. The van der Waals surface area contributed by atoms with Gasteiger partial charge in [0, 0.05) is 5.04 Å². The molecular weight excluding hydrogens is 641 g/mol. The summed E-state index contributed by atoms with van der Waals surface area (Å²) in [4.78, 5) is 0. The molecule has 0 heterocycles. The Kier molecular flexibility index (Phi) is 9.22. The Morgan fingerprint density at radius 2 is 0.712 bits per heavy atom. The summed E-state index contributed by atoms with van der Waals surface area (Å²) in [5.74, 6) is 0. The lowest BCUT2D eigenvalue weighted by Crippen LogP contribution is -2.75. The third kappa shape index (κ3) is 5.58. The van der Waals surface area contributed by atoms with E-state index in [1.165, 1.54) is 99.0 Å². The molecule has 0 saturated carbocycles. The maximum atomic E-state index is 2.67. The van der Waals surface area contributed by atoms with Crippen LogP contribution < -0.4 is 15.6 Å². The van der Waals surface area contributed by atoms with Crippen LogP contribution in [0.5, 0.6) is 0 Å². The maximum Gasteiger partial charge on any atom is 0.162 e. The first kappa shape index (κ1) is 35.4. The minimum absolute atomic E-state index is 0.257. The van der Waals surface area contributed by atoms with Crippen LogP contribution in [0.2, 0.25) is 5.04 Å². The SMILES string of the molecule is CC1=CC(C)([Si](c2cc(C)cc(-c3ccccc3)c2C)(c2cc(C)cc(-c3ccccc3)c2C)c2cc(C)cc(-c3ccccc3)c2C)C(C)=C1C. The summed E-state index contributed by atoms with van der Waals surface area (Å²) in [6, 6.07) is 48.1. The van der Waals surface area contributed by atoms with Crippen molar-refractivity contribution < 1.29 is 0 Å². The van der Waals surface area contributed by atoms with Gasteiger partial charge >= 0.3 is 0 Å². The standard InChI is InChI=1S/C51H52Si/c1-33-26-45(42-20-14-11-15-21-42)38(6)48(29-33)52(51(10)32-36(4)37(5)41(51)9,49-30-34(2)27-46(39(49)7)43-22-16-12-17-23-43)50-31-35(3)28-47(40(50)8)44-24-18-13-19-25-44/h11-32H,1-10H3. The highest BCUT2D eigenvalue weighted by atomic mass is 28.3. The van der Waals surface area contributed by atoms with Crippen LogP contribution in [0.3, 0.4) is 0 Å². The van der Waals surface area contributed by atoms with Gasteiger partial charge in [0.05, 0.1) is 0 Å². The normalized spacial score (nSPS) is 16.0. The van der Waals surface area contributed by atoms with Crippen molar-refractivity contribution in [1.82, 2.24) is 0 Å². The molecule has 6 aromatic rings. The highest BCUT2D eigenvalue weighted by molar-refractivity contribution is 7.15. The van der Waals surface area contributed by atoms with Crippen molar-refractivity contribution in [3.63, 3.8) is 0 Å². The summed E-state index contributed by atoms with van der Waals surface area (Å²) < 4.78 is 0. The van der Waals surface area contributed by atoms with Crippen LogP contribution in [0.15, 0.2) is 150 Å². The van der Waals surface area contributed by atoms with Crippen LogP contribution in [0.25, 0.3) is 33.4 Å². The van der Waals surface area contributed by atoms with Gasteiger partial charge in [0.15, 0.2) is 8.07 Å². The molecule has 0 bridgehead atoms. The van der Waals surface area contributed by atoms with Gasteiger partial charge in [0.25, 0.3) is 0 Å². The number of aryl methyl sites for hydroxylation is 3. The largest absolute Gasteiger partial charge is 0.162 e. The molecule has 0 N–H and O–H groups in total. The monoisotopic (exact) mass is 692 g/mol. The second-order valence-corrected chi connectivity index (χ2v) is 19.7. The van der Waals surface area contributed by atoms with Crippen molar-refractivity contribution >= 4 is 23.6 Å². The first-order valence-electron chi connectivity index (χ1n) is 18.8. The lowest BCUT2D eigenvalue weighted by Gasteiger charge is -2.50. The third-order valence-electron chi connectivity index (χ3n) is 12.3. The van der Waals surface area contributed by atoms with Crippen molar-refractivity contribution in [2.75, 3.05) is 0 Å². The quantitative estimate of drug-likeness (QED) is 0.115. The van der Waals surface area contributed by atoms with Gasteiger partial charge in [-0.1, -0.05) is 168 Å². The van der Waals surface area contributed by atoms with E-state index in [1.54, 1.807) is 0 Å². The highest BCUT2D eigenvalue weighted by Gasteiger charge is 2.58. The summed E-state index contributed by atoms with van der Waals surface area (Å²) in [6.07, 6.45) is 2.67. The molecule has 0 spiro atoms. The van der Waals surface area contributed by atoms with E-state index < -0.39 is 8.07 Å². The van der Waals surface area contributed by atoms with Crippen molar-refractivity contribution in [2.45, 2.75) is 74.3 Å². The molecule has 1 atom stereocenters. The average Bonchev–Trinajstić information content (AvgIpc) is 3.35. The van der Waals surface area contributed by atoms with E-state index in [9.17, 15) is 0 Å². The molecule has 0 aromatic heterocycles. The molecule has 1 aliphatic carbocycles. The van der Waals surface area contributed by atoms with Crippen LogP contribution in [0.1, 0.15) is 61.1 Å². The molecule has 260 valence electrons. The van der Waals surface area contributed by atoms with Crippen LogP contribution in [0, 0.1) is 41.5 Å². The van der Waals surface area contributed by atoms with Crippen LogP contribution in [0.4, 0.5) is 0 Å². The molecule has 0 fully saturated rings.